The van der Waals surface area contributed by atoms with E-state index in [1.807, 2.05) is 39.9 Å². The number of hydrogen-bond donors (Lipinski definition) is 2. The normalized spacial score (nSPS) is 17.2. The van der Waals surface area contributed by atoms with Gasteiger partial charge in [0, 0.05) is 44.5 Å². The number of nitrogens with one attached hydrogen (secondary N) is 1. The molecule has 0 saturated carbocycles. The van der Waals surface area contributed by atoms with Gasteiger partial charge in [-0.15, -0.1) is 0 Å². The number of amides is 2. The van der Waals surface area contributed by atoms with Crippen molar-refractivity contribution in [3.63, 3.8) is 0 Å². The van der Waals surface area contributed by atoms with Crippen LogP contribution in [0, 0.1) is 5.82 Å². The minimum atomic E-state index is -0.468. The van der Waals surface area contributed by atoms with E-state index in [9.17, 15) is 14.3 Å². The van der Waals surface area contributed by atoms with Crippen LogP contribution >= 0.6 is 0 Å². The van der Waals surface area contributed by atoms with Crippen LogP contribution in [0.4, 0.5) is 15.0 Å². The minimum absolute atomic E-state index is 0.0179. The average molecular weight is 547 g/mol. The highest BCUT2D eigenvalue weighted by Gasteiger charge is 2.31. The zero-order valence-electron chi connectivity index (χ0n) is 23.3. The topological polar surface area (TPSA) is 95.8 Å². The standard InChI is InChI=1S/C30H35FN6O3/c1-19-5-10-23(17-36(19)30(39)35(2)3)33-28-27-25(21-8-9-22(18-38)26(31)15-21)13-14-32-29(27)37(34-28)16-20-6-11-24(40-4)12-7-20/h6-9,11-15,19,23,38H,5,10,16-18H2,1-4H3,(H,33,34)/t19-,23+/m0/s1. The van der Waals surface area contributed by atoms with Crippen LogP contribution in [0.3, 0.4) is 0 Å². The molecule has 3 heterocycles. The van der Waals surface area contributed by atoms with E-state index in [-0.39, 0.29) is 30.3 Å². The molecule has 0 radical (unpaired) electrons. The van der Waals surface area contributed by atoms with Gasteiger partial charge in [0.15, 0.2) is 11.5 Å². The van der Waals surface area contributed by atoms with Gasteiger partial charge in [-0.3, -0.25) is 0 Å². The van der Waals surface area contributed by atoms with E-state index in [2.05, 4.69) is 17.2 Å². The number of carbonyl (C=O) groups excluding carboxylic acids is 1. The Morgan fingerprint density at radius 1 is 1.18 bits per heavy atom. The number of rotatable bonds is 7. The van der Waals surface area contributed by atoms with E-state index >= 15 is 0 Å². The molecule has 9 nitrogen and oxygen atoms in total. The summed E-state index contributed by atoms with van der Waals surface area (Å²) < 4.78 is 21.9. The van der Waals surface area contributed by atoms with E-state index in [0.29, 0.717) is 30.1 Å². The third kappa shape index (κ3) is 5.44. The number of likely N-dealkylation sites (tertiary alicyclic amines) is 1. The van der Waals surface area contributed by atoms with Crippen molar-refractivity contribution in [1.82, 2.24) is 24.6 Å². The van der Waals surface area contributed by atoms with Gasteiger partial charge < -0.3 is 25.0 Å². The Morgan fingerprint density at radius 2 is 1.95 bits per heavy atom. The number of ether oxygens (including phenoxy) is 1. The first-order valence-electron chi connectivity index (χ1n) is 13.4. The van der Waals surface area contributed by atoms with Gasteiger partial charge in [0.25, 0.3) is 0 Å². The van der Waals surface area contributed by atoms with E-state index in [1.54, 1.807) is 44.4 Å². The van der Waals surface area contributed by atoms with E-state index in [0.717, 1.165) is 35.1 Å². The maximum absolute atomic E-state index is 14.7. The Kier molecular flexibility index (Phi) is 7.88. The van der Waals surface area contributed by atoms with Crippen molar-refractivity contribution in [3.05, 3.63) is 71.7 Å². The number of nitrogens with zero attached hydrogens (tertiary/aromatic N) is 5. The molecule has 2 aromatic heterocycles. The van der Waals surface area contributed by atoms with Crippen molar-refractivity contribution in [2.45, 2.75) is 45.0 Å². The first-order valence-corrected chi connectivity index (χ1v) is 13.4. The van der Waals surface area contributed by atoms with Crippen molar-refractivity contribution in [3.8, 4) is 16.9 Å². The second-order valence-electron chi connectivity index (χ2n) is 10.5. The van der Waals surface area contributed by atoms with Gasteiger partial charge in [-0.2, -0.15) is 5.10 Å². The number of aliphatic hydroxyl groups is 1. The fraction of sp³-hybridized carbons (Fsp3) is 0.367. The monoisotopic (exact) mass is 546 g/mol. The molecule has 2 amide bonds. The lowest BCUT2D eigenvalue weighted by molar-refractivity contribution is 0.130. The molecule has 0 unspecified atom stereocenters. The van der Waals surface area contributed by atoms with Crippen LogP contribution in [0.15, 0.2) is 54.7 Å². The summed E-state index contributed by atoms with van der Waals surface area (Å²) in [6.45, 7) is 2.72. The van der Waals surface area contributed by atoms with Crippen LogP contribution in [-0.2, 0) is 13.2 Å². The van der Waals surface area contributed by atoms with Crippen LogP contribution in [0.2, 0.25) is 0 Å². The molecule has 2 aromatic carbocycles. The molecule has 2 N–H and O–H groups in total. The lowest BCUT2D eigenvalue weighted by Crippen LogP contribution is -2.52. The summed E-state index contributed by atoms with van der Waals surface area (Å²) in [6, 6.07) is 14.6. The fourth-order valence-corrected chi connectivity index (χ4v) is 5.24. The average Bonchev–Trinajstić information content (AvgIpc) is 3.30. The number of anilines is 1. The fourth-order valence-electron chi connectivity index (χ4n) is 5.24. The van der Waals surface area contributed by atoms with E-state index in [1.165, 1.54) is 6.07 Å². The molecule has 1 aliphatic heterocycles. The van der Waals surface area contributed by atoms with Gasteiger partial charge in [-0.25, -0.2) is 18.9 Å². The minimum Gasteiger partial charge on any atom is -0.497 e. The van der Waals surface area contributed by atoms with Crippen molar-refractivity contribution in [2.24, 2.45) is 0 Å². The summed E-state index contributed by atoms with van der Waals surface area (Å²) in [6.07, 6.45) is 3.44. The lowest BCUT2D eigenvalue weighted by atomic mass is 9.98. The second-order valence-corrected chi connectivity index (χ2v) is 10.5. The van der Waals surface area contributed by atoms with Gasteiger partial charge in [0.05, 0.1) is 25.6 Å². The maximum atomic E-state index is 14.7. The summed E-state index contributed by atoms with van der Waals surface area (Å²) in [5.41, 5.74) is 3.37. The molecule has 5 rings (SSSR count). The zero-order chi connectivity index (χ0) is 28.4. The number of methoxy groups -OCH3 is 1. The van der Waals surface area contributed by atoms with Gasteiger partial charge in [-0.1, -0.05) is 24.3 Å². The summed E-state index contributed by atoms with van der Waals surface area (Å²) in [7, 11) is 5.16. The number of pyridine rings is 1. The van der Waals surface area contributed by atoms with Crippen LogP contribution < -0.4 is 10.1 Å². The van der Waals surface area contributed by atoms with E-state index in [4.69, 9.17) is 9.84 Å². The first kappa shape index (κ1) is 27.4. The number of piperidine rings is 1. The Hall–Kier alpha value is -4.18. The zero-order valence-corrected chi connectivity index (χ0v) is 23.3. The highest BCUT2D eigenvalue weighted by molar-refractivity contribution is 6.01. The van der Waals surface area contributed by atoms with Gasteiger partial charge in [-0.05, 0) is 60.7 Å². The number of aliphatic hydroxyl groups excluding tert-OH is 1. The quantitative estimate of drug-likeness (QED) is 0.348. The number of carbonyl (C=O) groups is 1. The van der Waals surface area contributed by atoms with E-state index < -0.39 is 5.82 Å². The Balaban J connectivity index is 1.56. The first-order chi connectivity index (χ1) is 19.3. The smallest absolute Gasteiger partial charge is 0.319 e. The molecule has 0 spiro atoms. The number of halogens is 1. The number of urea groups is 1. The Bertz CT molecular complexity index is 1500. The molecule has 10 heteroatoms. The molecule has 210 valence electrons. The largest absolute Gasteiger partial charge is 0.497 e. The third-order valence-electron chi connectivity index (χ3n) is 7.51. The number of aromatic nitrogens is 3. The second kappa shape index (κ2) is 11.5. The molecule has 1 fully saturated rings. The molecular formula is C30H35FN6O3. The predicted molar refractivity (Wildman–Crippen MR) is 153 cm³/mol. The van der Waals surface area contributed by atoms with Crippen LogP contribution in [0.1, 0.15) is 30.9 Å². The third-order valence-corrected chi connectivity index (χ3v) is 7.51. The molecule has 4 aromatic rings. The van der Waals surface area contributed by atoms with Crippen molar-refractivity contribution in [1.29, 1.82) is 0 Å². The number of hydrogen-bond acceptors (Lipinski definition) is 6. The molecule has 0 aliphatic carbocycles. The van der Waals surface area contributed by atoms with Crippen LogP contribution in [-0.4, -0.2) is 75.5 Å². The SMILES string of the molecule is COc1ccc(Cn2nc(N[C@@H]3CC[C@H](C)N(C(=O)N(C)C)C3)c3c(-c4ccc(CO)c(F)c4)ccnc32)cc1. The van der Waals surface area contributed by atoms with Crippen molar-refractivity contribution in [2.75, 3.05) is 33.1 Å². The number of benzene rings is 2. The van der Waals surface area contributed by atoms with Gasteiger partial charge in [0.2, 0.25) is 0 Å². The number of fused-ring (bicyclic) bond motifs is 1. The van der Waals surface area contributed by atoms with Gasteiger partial charge >= 0.3 is 6.03 Å². The highest BCUT2D eigenvalue weighted by atomic mass is 19.1. The molecule has 40 heavy (non-hydrogen) atoms. The maximum Gasteiger partial charge on any atom is 0.319 e. The van der Waals surface area contributed by atoms with Crippen LogP contribution in [0.25, 0.3) is 22.2 Å². The van der Waals surface area contributed by atoms with Gasteiger partial charge in [0.1, 0.15) is 11.6 Å². The van der Waals surface area contributed by atoms with Crippen LogP contribution in [0.5, 0.6) is 5.75 Å². The molecule has 2 atom stereocenters. The van der Waals surface area contributed by atoms with Crippen molar-refractivity contribution < 1.29 is 19.0 Å². The summed E-state index contributed by atoms with van der Waals surface area (Å²) in [5.74, 6) is 0.938. The molecule has 1 aliphatic rings. The predicted octanol–water partition coefficient (Wildman–Crippen LogP) is 4.73. The molecule has 1 saturated heterocycles. The summed E-state index contributed by atoms with van der Waals surface area (Å²) >= 11 is 0. The molecule has 0 bridgehead atoms. The Morgan fingerprint density at radius 3 is 2.62 bits per heavy atom. The van der Waals surface area contributed by atoms with Crippen molar-refractivity contribution >= 4 is 22.9 Å². The molecular weight excluding hydrogens is 511 g/mol. The summed E-state index contributed by atoms with van der Waals surface area (Å²) in [5, 5.41) is 18.8. The Labute approximate surface area is 233 Å². The highest BCUT2D eigenvalue weighted by Crippen LogP contribution is 2.35. The lowest BCUT2D eigenvalue weighted by Gasteiger charge is -2.39. The summed E-state index contributed by atoms with van der Waals surface area (Å²) in [4.78, 5) is 21.0.